The van der Waals surface area contributed by atoms with E-state index in [0.717, 1.165) is 33.5 Å². The molecular weight excluding hydrogens is 406 g/mol. The zero-order valence-corrected chi connectivity index (χ0v) is 19.1. The Morgan fingerprint density at radius 3 is 2.48 bits per heavy atom. The van der Waals surface area contributed by atoms with Crippen LogP contribution < -0.4 is 4.72 Å². The van der Waals surface area contributed by atoms with Gasteiger partial charge in [0.1, 0.15) is 16.5 Å². The molecule has 1 aromatic carbocycles. The van der Waals surface area contributed by atoms with E-state index in [4.69, 9.17) is 10.1 Å². The first kappa shape index (κ1) is 21.5. The van der Waals surface area contributed by atoms with Gasteiger partial charge in [0.25, 0.3) is 0 Å². The predicted octanol–water partition coefficient (Wildman–Crippen LogP) is 4.37. The van der Waals surface area contributed by atoms with Gasteiger partial charge < -0.3 is 4.55 Å². The molecule has 0 aliphatic heterocycles. The summed E-state index contributed by atoms with van der Waals surface area (Å²) in [5, 5.41) is 5.86. The Hall–Kier alpha value is -2.74. The monoisotopic (exact) mass is 433 g/mol. The van der Waals surface area contributed by atoms with Crippen LogP contribution in [-0.2, 0) is 24.8 Å². The van der Waals surface area contributed by atoms with Crippen molar-refractivity contribution in [2.24, 2.45) is 7.05 Å². The molecule has 0 fully saturated rings. The van der Waals surface area contributed by atoms with Crippen molar-refractivity contribution in [3.05, 3.63) is 78.4 Å². The molecule has 6 nitrogen and oxygen atoms in total. The largest absolute Gasteiger partial charge is 0.598 e. The van der Waals surface area contributed by atoms with Crippen molar-refractivity contribution >= 4 is 22.3 Å². The van der Waals surface area contributed by atoms with Crippen molar-refractivity contribution < 1.29 is 4.55 Å². The number of benzene rings is 1. The lowest BCUT2D eigenvalue weighted by Crippen LogP contribution is -2.42. The number of para-hydroxylation sites is 1. The average Bonchev–Trinajstić information content (AvgIpc) is 3.10. The first-order valence-electron chi connectivity index (χ1n) is 10.3. The highest BCUT2D eigenvalue weighted by Crippen LogP contribution is 2.33. The molecule has 1 unspecified atom stereocenters. The Balaban J connectivity index is 1.82. The molecule has 0 bridgehead atoms. The number of nitrogens with one attached hydrogen (secondary N) is 1. The van der Waals surface area contributed by atoms with E-state index in [-0.39, 0.29) is 6.04 Å². The van der Waals surface area contributed by atoms with Crippen LogP contribution >= 0.6 is 0 Å². The summed E-state index contributed by atoms with van der Waals surface area (Å²) >= 11 is -1.27. The summed E-state index contributed by atoms with van der Waals surface area (Å²) in [5.74, 6) is 0. The third kappa shape index (κ3) is 4.63. The van der Waals surface area contributed by atoms with Crippen LogP contribution in [0.15, 0.2) is 67.0 Å². The number of rotatable bonds is 6. The predicted molar refractivity (Wildman–Crippen MR) is 126 cm³/mol. The molecular formula is C24H27N5OS. The SMILES string of the molecule is Cn1nc(-c2cccnc2[C@H](Cc2ccccn2)N[S+]([O-])C(C)(C)C)c2ccccc21. The molecule has 4 aromatic rings. The fraction of sp³-hybridized carbons (Fsp3) is 0.292. The van der Waals surface area contributed by atoms with Gasteiger partial charge in [-0.3, -0.25) is 14.6 Å². The highest BCUT2D eigenvalue weighted by molar-refractivity contribution is 7.90. The van der Waals surface area contributed by atoms with Crippen molar-refractivity contribution in [1.82, 2.24) is 24.5 Å². The second-order valence-corrected chi connectivity index (χ2v) is 10.5. The lowest BCUT2D eigenvalue weighted by molar-refractivity contribution is 0.517. The molecule has 0 saturated heterocycles. The Morgan fingerprint density at radius 2 is 1.74 bits per heavy atom. The van der Waals surface area contributed by atoms with Gasteiger partial charge in [-0.25, -0.2) is 0 Å². The second kappa shape index (κ2) is 8.78. The van der Waals surface area contributed by atoms with Crippen LogP contribution in [0.2, 0.25) is 0 Å². The molecule has 0 spiro atoms. The third-order valence-electron chi connectivity index (χ3n) is 5.13. The molecule has 3 heterocycles. The van der Waals surface area contributed by atoms with Crippen LogP contribution in [0.3, 0.4) is 0 Å². The lowest BCUT2D eigenvalue weighted by Gasteiger charge is -2.28. The zero-order valence-electron chi connectivity index (χ0n) is 18.2. The molecule has 0 amide bonds. The number of hydrogen-bond acceptors (Lipinski definition) is 5. The number of aryl methyl sites for hydroxylation is 1. The second-order valence-electron chi connectivity index (χ2n) is 8.50. The molecule has 1 N–H and O–H groups in total. The van der Waals surface area contributed by atoms with E-state index < -0.39 is 16.1 Å². The quantitative estimate of drug-likeness (QED) is 0.457. The van der Waals surface area contributed by atoms with Crippen LogP contribution in [0, 0.1) is 0 Å². The maximum atomic E-state index is 13.0. The van der Waals surface area contributed by atoms with Gasteiger partial charge in [0.2, 0.25) is 0 Å². The summed E-state index contributed by atoms with van der Waals surface area (Å²) in [6.45, 7) is 5.87. The van der Waals surface area contributed by atoms with E-state index in [1.165, 1.54) is 0 Å². The molecule has 3 aromatic heterocycles. The smallest absolute Gasteiger partial charge is 0.136 e. The van der Waals surface area contributed by atoms with Gasteiger partial charge in [-0.15, -0.1) is 4.72 Å². The Kier molecular flexibility index (Phi) is 6.09. The topological polar surface area (TPSA) is 78.7 Å². The fourth-order valence-corrected chi connectivity index (χ4v) is 4.34. The minimum absolute atomic E-state index is 0.285. The van der Waals surface area contributed by atoms with Crippen LogP contribution in [0.5, 0.6) is 0 Å². The van der Waals surface area contributed by atoms with E-state index in [0.29, 0.717) is 6.42 Å². The van der Waals surface area contributed by atoms with Crippen LogP contribution in [0.25, 0.3) is 22.2 Å². The summed E-state index contributed by atoms with van der Waals surface area (Å²) in [7, 11) is 1.94. The molecule has 0 saturated carbocycles. The molecule has 0 aliphatic rings. The fourth-order valence-electron chi connectivity index (χ4n) is 3.54. The summed E-state index contributed by atoms with van der Waals surface area (Å²) < 4.78 is 17.8. The first-order chi connectivity index (χ1) is 14.8. The maximum absolute atomic E-state index is 13.0. The van der Waals surface area contributed by atoms with Gasteiger partial charge in [-0.2, -0.15) is 5.10 Å². The van der Waals surface area contributed by atoms with E-state index in [9.17, 15) is 4.55 Å². The summed E-state index contributed by atoms with van der Waals surface area (Å²) in [6.07, 6.45) is 4.12. The molecule has 7 heteroatoms. The highest BCUT2D eigenvalue weighted by Gasteiger charge is 2.32. The van der Waals surface area contributed by atoms with E-state index >= 15 is 0 Å². The standard InChI is InChI=1S/C24H27N5OS/c1-24(2,3)31(30)28-20(16-17-10-7-8-14-25-17)23-19(12-9-15-26-23)22-18-11-5-6-13-21(18)29(4)27-22/h5-15,20,28H,16H2,1-4H3/t20-,31?/m0/s1. The Bertz CT molecular complexity index is 1170. The molecule has 4 rings (SSSR count). The van der Waals surface area contributed by atoms with E-state index in [2.05, 4.69) is 21.8 Å². The summed E-state index contributed by atoms with van der Waals surface area (Å²) in [4.78, 5) is 9.21. The summed E-state index contributed by atoms with van der Waals surface area (Å²) in [6, 6.07) is 17.7. The van der Waals surface area contributed by atoms with Crippen LogP contribution in [0.1, 0.15) is 38.2 Å². The third-order valence-corrected chi connectivity index (χ3v) is 6.74. The van der Waals surface area contributed by atoms with Crippen molar-refractivity contribution in [3.8, 4) is 11.3 Å². The number of pyridine rings is 2. The Labute approximate surface area is 186 Å². The van der Waals surface area contributed by atoms with Crippen molar-refractivity contribution in [3.63, 3.8) is 0 Å². The van der Waals surface area contributed by atoms with Crippen LogP contribution in [-0.4, -0.2) is 29.0 Å². The highest BCUT2D eigenvalue weighted by atomic mass is 32.2. The number of fused-ring (bicyclic) bond motifs is 1. The molecule has 0 aliphatic carbocycles. The minimum Gasteiger partial charge on any atom is -0.598 e. The van der Waals surface area contributed by atoms with Crippen molar-refractivity contribution in [1.29, 1.82) is 0 Å². The molecule has 31 heavy (non-hydrogen) atoms. The van der Waals surface area contributed by atoms with Gasteiger partial charge in [0, 0.05) is 53.9 Å². The van der Waals surface area contributed by atoms with Crippen molar-refractivity contribution in [2.75, 3.05) is 0 Å². The minimum atomic E-state index is -1.27. The van der Waals surface area contributed by atoms with Gasteiger partial charge in [-0.05, 0) is 51.1 Å². The number of aromatic nitrogens is 4. The molecule has 2 atom stereocenters. The number of hydrogen-bond donors (Lipinski definition) is 1. The Morgan fingerprint density at radius 1 is 1.00 bits per heavy atom. The van der Waals surface area contributed by atoms with Crippen LogP contribution in [0.4, 0.5) is 0 Å². The maximum Gasteiger partial charge on any atom is 0.136 e. The summed E-state index contributed by atoms with van der Waals surface area (Å²) in [5.41, 5.74) is 4.58. The average molecular weight is 434 g/mol. The zero-order chi connectivity index (χ0) is 22.0. The van der Waals surface area contributed by atoms with E-state index in [1.54, 1.807) is 12.4 Å². The van der Waals surface area contributed by atoms with E-state index in [1.807, 2.05) is 75.0 Å². The number of nitrogens with zero attached hydrogens (tertiary/aromatic N) is 4. The normalized spacial score (nSPS) is 14.0. The first-order valence-corrected chi connectivity index (χ1v) is 11.4. The van der Waals surface area contributed by atoms with Crippen molar-refractivity contribution in [2.45, 2.75) is 38.0 Å². The van der Waals surface area contributed by atoms with Gasteiger partial charge in [0.15, 0.2) is 0 Å². The van der Waals surface area contributed by atoms with Gasteiger partial charge in [-0.1, -0.05) is 24.3 Å². The van der Waals surface area contributed by atoms with Gasteiger partial charge >= 0.3 is 0 Å². The lowest BCUT2D eigenvalue weighted by atomic mass is 9.99. The molecule has 0 radical (unpaired) electrons. The molecule has 160 valence electrons. The van der Waals surface area contributed by atoms with Gasteiger partial charge in [0.05, 0.1) is 11.2 Å².